The van der Waals surface area contributed by atoms with E-state index in [1.807, 2.05) is 6.07 Å². The topological polar surface area (TPSA) is 68.5 Å². The van der Waals surface area contributed by atoms with Gasteiger partial charge in [0.15, 0.2) is 5.75 Å². The van der Waals surface area contributed by atoms with E-state index >= 15 is 0 Å². The first-order valence-electron chi connectivity index (χ1n) is 5.76. The highest BCUT2D eigenvalue weighted by molar-refractivity contribution is 6.08. The minimum Gasteiger partial charge on any atom is -0.494 e. The van der Waals surface area contributed by atoms with E-state index in [0.29, 0.717) is 22.8 Å². The number of para-hydroxylation sites is 1. The van der Waals surface area contributed by atoms with E-state index < -0.39 is 0 Å². The zero-order chi connectivity index (χ0) is 13.8. The number of nitrogens with zero attached hydrogens (tertiary/aromatic N) is 2. The molecule has 2 N–H and O–H groups in total. The maximum Gasteiger partial charge on any atom is 0.263 e. The number of nitrogens with two attached hydrogens (primary N) is 1. The zero-order valence-electron chi connectivity index (χ0n) is 10.8. The van der Waals surface area contributed by atoms with Gasteiger partial charge in [-0.1, -0.05) is 12.1 Å². The van der Waals surface area contributed by atoms with Crippen LogP contribution in [0.25, 0.3) is 0 Å². The van der Waals surface area contributed by atoms with Crippen LogP contribution in [0.1, 0.15) is 10.4 Å². The molecule has 0 saturated carbocycles. The summed E-state index contributed by atoms with van der Waals surface area (Å²) >= 11 is 0. The Morgan fingerprint density at radius 1 is 1.26 bits per heavy atom. The van der Waals surface area contributed by atoms with Gasteiger partial charge in [-0.25, -0.2) is 4.98 Å². The fourth-order valence-electron chi connectivity index (χ4n) is 1.79. The smallest absolute Gasteiger partial charge is 0.263 e. The van der Waals surface area contributed by atoms with Crippen LogP contribution in [0.15, 0.2) is 42.6 Å². The Kier molecular flexibility index (Phi) is 3.66. The molecule has 0 aliphatic rings. The van der Waals surface area contributed by atoms with Crippen LogP contribution in [0.3, 0.4) is 0 Å². The summed E-state index contributed by atoms with van der Waals surface area (Å²) in [6.45, 7) is 0. The van der Waals surface area contributed by atoms with Crippen molar-refractivity contribution in [2.75, 3.05) is 24.8 Å². The summed E-state index contributed by atoms with van der Waals surface area (Å²) in [6.07, 6.45) is 1.63. The van der Waals surface area contributed by atoms with E-state index in [1.54, 1.807) is 43.6 Å². The highest BCUT2D eigenvalue weighted by Crippen LogP contribution is 2.27. The van der Waals surface area contributed by atoms with Gasteiger partial charge < -0.3 is 10.5 Å². The van der Waals surface area contributed by atoms with Crippen LogP contribution >= 0.6 is 0 Å². The van der Waals surface area contributed by atoms with Crippen molar-refractivity contribution in [3.63, 3.8) is 0 Å². The molecule has 0 aliphatic carbocycles. The van der Waals surface area contributed by atoms with Crippen LogP contribution in [-0.2, 0) is 0 Å². The van der Waals surface area contributed by atoms with Crippen LogP contribution in [-0.4, -0.2) is 25.0 Å². The fraction of sp³-hybridized carbons (Fsp3) is 0.143. The molecule has 1 amide bonds. The molecule has 2 aromatic rings. The van der Waals surface area contributed by atoms with Crippen molar-refractivity contribution in [3.05, 3.63) is 48.2 Å². The lowest BCUT2D eigenvalue weighted by Gasteiger charge is -2.18. The van der Waals surface area contributed by atoms with Gasteiger partial charge in [-0.3, -0.25) is 9.69 Å². The van der Waals surface area contributed by atoms with Crippen LogP contribution in [0.4, 0.5) is 11.5 Å². The molecule has 0 unspecified atom stereocenters. The zero-order valence-corrected chi connectivity index (χ0v) is 10.8. The van der Waals surface area contributed by atoms with Crippen molar-refractivity contribution >= 4 is 17.4 Å². The molecule has 0 spiro atoms. The molecule has 98 valence electrons. The van der Waals surface area contributed by atoms with Crippen LogP contribution in [0.2, 0.25) is 0 Å². The average molecular weight is 257 g/mol. The van der Waals surface area contributed by atoms with Crippen molar-refractivity contribution in [2.24, 2.45) is 0 Å². The first kappa shape index (κ1) is 12.9. The third-order valence-corrected chi connectivity index (χ3v) is 2.78. The maximum atomic E-state index is 12.4. The van der Waals surface area contributed by atoms with Gasteiger partial charge in [0.05, 0.1) is 18.4 Å². The number of hydrogen-bond donors (Lipinski definition) is 1. The predicted octanol–water partition coefficient (Wildman–Crippen LogP) is 1.95. The monoisotopic (exact) mass is 257 g/mol. The Hall–Kier alpha value is -2.56. The lowest BCUT2D eigenvalue weighted by Crippen LogP contribution is -2.27. The molecule has 0 saturated heterocycles. The largest absolute Gasteiger partial charge is 0.494 e. The van der Waals surface area contributed by atoms with Gasteiger partial charge in [0.25, 0.3) is 5.91 Å². The molecular formula is C14H15N3O2. The summed E-state index contributed by atoms with van der Waals surface area (Å²) in [4.78, 5) is 18.0. The van der Waals surface area contributed by atoms with E-state index in [9.17, 15) is 4.79 Å². The Balaban J connectivity index is 2.37. The van der Waals surface area contributed by atoms with Gasteiger partial charge in [0.2, 0.25) is 0 Å². The number of carbonyl (C=O) groups excluding carboxylic acids is 1. The number of hydrogen-bond acceptors (Lipinski definition) is 4. The van der Waals surface area contributed by atoms with Crippen LogP contribution in [0, 0.1) is 0 Å². The van der Waals surface area contributed by atoms with Gasteiger partial charge in [-0.05, 0) is 24.3 Å². The van der Waals surface area contributed by atoms with E-state index in [0.717, 1.165) is 0 Å². The summed E-state index contributed by atoms with van der Waals surface area (Å²) < 4.78 is 5.19. The summed E-state index contributed by atoms with van der Waals surface area (Å²) in [5, 5.41) is 0. The number of pyridine rings is 1. The molecule has 0 bridgehead atoms. The quantitative estimate of drug-likeness (QED) is 0.853. The Morgan fingerprint density at radius 3 is 2.68 bits per heavy atom. The number of nitrogen functional groups attached to an aromatic ring is 1. The second-order valence-corrected chi connectivity index (χ2v) is 3.98. The molecule has 5 heteroatoms. The van der Waals surface area contributed by atoms with E-state index in [-0.39, 0.29) is 5.91 Å². The summed E-state index contributed by atoms with van der Waals surface area (Å²) in [5.41, 5.74) is 6.64. The standard InChI is InChI=1S/C14H15N3O2/c1-17(12-8-3-4-9-16-12)14(18)10-6-5-7-11(15)13(10)19-2/h3-9H,15H2,1-2H3. The molecule has 0 fully saturated rings. The number of carbonyl (C=O) groups is 1. The SMILES string of the molecule is COc1c(N)cccc1C(=O)N(C)c1ccccn1. The number of anilines is 2. The van der Waals surface area contributed by atoms with Crippen molar-refractivity contribution in [1.29, 1.82) is 0 Å². The predicted molar refractivity (Wildman–Crippen MR) is 74.4 cm³/mol. The lowest BCUT2D eigenvalue weighted by molar-refractivity contribution is 0.0989. The van der Waals surface area contributed by atoms with Gasteiger partial charge in [-0.15, -0.1) is 0 Å². The van der Waals surface area contributed by atoms with Crippen LogP contribution in [0.5, 0.6) is 5.75 Å². The summed E-state index contributed by atoms with van der Waals surface area (Å²) in [5.74, 6) is 0.732. The van der Waals surface area contributed by atoms with Gasteiger partial charge in [0.1, 0.15) is 5.82 Å². The summed E-state index contributed by atoms with van der Waals surface area (Å²) in [7, 11) is 3.15. The van der Waals surface area contributed by atoms with E-state index in [1.165, 1.54) is 12.0 Å². The first-order chi connectivity index (χ1) is 9.15. The number of aromatic nitrogens is 1. The molecule has 19 heavy (non-hydrogen) atoms. The molecule has 5 nitrogen and oxygen atoms in total. The molecule has 0 atom stereocenters. The molecular weight excluding hydrogens is 242 g/mol. The second-order valence-electron chi connectivity index (χ2n) is 3.98. The van der Waals surface area contributed by atoms with Gasteiger partial charge >= 0.3 is 0 Å². The number of ether oxygens (including phenoxy) is 1. The van der Waals surface area contributed by atoms with Crippen molar-refractivity contribution in [2.45, 2.75) is 0 Å². The minimum atomic E-state index is -0.220. The normalized spacial score (nSPS) is 10.0. The highest BCUT2D eigenvalue weighted by atomic mass is 16.5. The van der Waals surface area contributed by atoms with Crippen molar-refractivity contribution in [1.82, 2.24) is 4.98 Å². The van der Waals surface area contributed by atoms with Crippen molar-refractivity contribution < 1.29 is 9.53 Å². The second kappa shape index (κ2) is 5.39. The number of methoxy groups -OCH3 is 1. The fourth-order valence-corrected chi connectivity index (χ4v) is 1.79. The molecule has 1 aromatic carbocycles. The number of amides is 1. The number of benzene rings is 1. The molecule has 2 rings (SSSR count). The molecule has 1 heterocycles. The van der Waals surface area contributed by atoms with Crippen LogP contribution < -0.4 is 15.4 Å². The third-order valence-electron chi connectivity index (χ3n) is 2.78. The molecule has 0 radical (unpaired) electrons. The molecule has 0 aliphatic heterocycles. The average Bonchev–Trinajstić information content (AvgIpc) is 2.46. The summed E-state index contributed by atoms with van der Waals surface area (Å²) in [6, 6.07) is 10.5. The lowest BCUT2D eigenvalue weighted by atomic mass is 10.1. The first-order valence-corrected chi connectivity index (χ1v) is 5.76. The van der Waals surface area contributed by atoms with Crippen molar-refractivity contribution in [3.8, 4) is 5.75 Å². The Bertz CT molecular complexity index is 584. The third kappa shape index (κ3) is 2.49. The Labute approximate surface area is 111 Å². The number of rotatable bonds is 3. The molecule has 1 aromatic heterocycles. The highest BCUT2D eigenvalue weighted by Gasteiger charge is 2.19. The van der Waals surface area contributed by atoms with E-state index in [4.69, 9.17) is 10.5 Å². The van der Waals surface area contributed by atoms with E-state index in [2.05, 4.69) is 4.98 Å². The maximum absolute atomic E-state index is 12.4. The minimum absolute atomic E-state index is 0.220. The Morgan fingerprint density at radius 2 is 2.05 bits per heavy atom. The van der Waals surface area contributed by atoms with Gasteiger partial charge in [-0.2, -0.15) is 0 Å². The van der Waals surface area contributed by atoms with Gasteiger partial charge in [0, 0.05) is 13.2 Å².